The maximum Gasteiger partial charge on any atom is 0.320 e. The van der Waals surface area contributed by atoms with E-state index in [9.17, 15) is 4.79 Å². The number of carbonyl (C=O) groups excluding carboxylic acids is 1. The molecule has 0 radical (unpaired) electrons. The summed E-state index contributed by atoms with van der Waals surface area (Å²) < 4.78 is 0.963. The van der Waals surface area contributed by atoms with Gasteiger partial charge >= 0.3 is 6.03 Å². The first-order valence-electron chi connectivity index (χ1n) is 4.33. The van der Waals surface area contributed by atoms with Crippen molar-refractivity contribution in [3.8, 4) is 0 Å². The SMILES string of the molecule is CNC(=O)Nc1n[nH]c2cc(Br)ccc12. The van der Waals surface area contributed by atoms with Gasteiger partial charge in [-0.1, -0.05) is 15.9 Å². The third-order valence-electron chi connectivity index (χ3n) is 1.98. The Morgan fingerprint density at radius 3 is 3.07 bits per heavy atom. The zero-order chi connectivity index (χ0) is 10.8. The molecule has 15 heavy (non-hydrogen) atoms. The molecular formula is C9H9BrN4O. The summed E-state index contributed by atoms with van der Waals surface area (Å²) in [5.41, 5.74) is 0.871. The van der Waals surface area contributed by atoms with E-state index in [1.54, 1.807) is 7.05 Å². The van der Waals surface area contributed by atoms with Crippen molar-refractivity contribution in [2.45, 2.75) is 0 Å². The predicted octanol–water partition coefficient (Wildman–Crippen LogP) is 2.08. The zero-order valence-electron chi connectivity index (χ0n) is 7.97. The highest BCUT2D eigenvalue weighted by Gasteiger charge is 2.07. The van der Waals surface area contributed by atoms with Crippen molar-refractivity contribution in [3.05, 3.63) is 22.7 Å². The molecular weight excluding hydrogens is 260 g/mol. The van der Waals surface area contributed by atoms with Crippen LogP contribution in [0.3, 0.4) is 0 Å². The molecule has 78 valence electrons. The van der Waals surface area contributed by atoms with Crippen molar-refractivity contribution in [2.75, 3.05) is 12.4 Å². The third kappa shape index (κ3) is 1.94. The Bertz CT molecular complexity index is 508. The summed E-state index contributed by atoms with van der Waals surface area (Å²) in [7, 11) is 1.56. The molecule has 3 N–H and O–H groups in total. The van der Waals surface area contributed by atoms with E-state index >= 15 is 0 Å². The fourth-order valence-corrected chi connectivity index (χ4v) is 1.62. The monoisotopic (exact) mass is 268 g/mol. The van der Waals surface area contributed by atoms with Gasteiger partial charge in [0.25, 0.3) is 0 Å². The summed E-state index contributed by atoms with van der Waals surface area (Å²) in [4.78, 5) is 11.1. The number of fused-ring (bicyclic) bond motifs is 1. The molecule has 0 aliphatic carbocycles. The Kier molecular flexibility index (Phi) is 2.59. The maximum atomic E-state index is 11.1. The standard InChI is InChI=1S/C9H9BrN4O/c1-11-9(15)12-8-6-3-2-5(10)4-7(6)13-14-8/h2-4H,1H3,(H3,11,12,13,14,15). The Hall–Kier alpha value is -1.56. The Labute approximate surface area is 94.4 Å². The van der Waals surface area contributed by atoms with E-state index in [0.717, 1.165) is 15.4 Å². The number of hydrogen-bond donors (Lipinski definition) is 3. The highest BCUT2D eigenvalue weighted by Crippen LogP contribution is 2.23. The van der Waals surface area contributed by atoms with Crippen molar-refractivity contribution in [1.29, 1.82) is 0 Å². The quantitative estimate of drug-likeness (QED) is 0.741. The molecule has 6 heteroatoms. The van der Waals surface area contributed by atoms with Gasteiger partial charge in [-0.3, -0.25) is 10.4 Å². The van der Waals surface area contributed by atoms with E-state index in [4.69, 9.17) is 0 Å². The van der Waals surface area contributed by atoms with Crippen LogP contribution in [0.4, 0.5) is 10.6 Å². The summed E-state index contributed by atoms with van der Waals surface area (Å²) >= 11 is 3.36. The van der Waals surface area contributed by atoms with E-state index in [2.05, 4.69) is 36.8 Å². The van der Waals surface area contributed by atoms with Crippen LogP contribution >= 0.6 is 15.9 Å². The smallest absolute Gasteiger partial charge is 0.320 e. The second kappa shape index (κ2) is 3.90. The fraction of sp³-hybridized carbons (Fsp3) is 0.111. The molecule has 0 aliphatic rings. The number of aromatic nitrogens is 2. The van der Waals surface area contributed by atoms with Gasteiger partial charge in [0.15, 0.2) is 5.82 Å². The molecule has 0 bridgehead atoms. The van der Waals surface area contributed by atoms with E-state index < -0.39 is 0 Å². The maximum absolute atomic E-state index is 11.1. The first-order valence-corrected chi connectivity index (χ1v) is 5.12. The second-order valence-corrected chi connectivity index (χ2v) is 3.88. The topological polar surface area (TPSA) is 69.8 Å². The molecule has 0 fully saturated rings. The number of nitrogens with one attached hydrogen (secondary N) is 3. The molecule has 1 heterocycles. The second-order valence-electron chi connectivity index (χ2n) is 2.97. The van der Waals surface area contributed by atoms with Gasteiger partial charge in [-0.05, 0) is 18.2 Å². The molecule has 0 unspecified atom stereocenters. The summed E-state index contributed by atoms with van der Waals surface area (Å²) in [6.45, 7) is 0. The van der Waals surface area contributed by atoms with Gasteiger partial charge in [0.1, 0.15) is 0 Å². The van der Waals surface area contributed by atoms with Crippen LogP contribution < -0.4 is 10.6 Å². The van der Waals surface area contributed by atoms with Crippen LogP contribution in [0.2, 0.25) is 0 Å². The number of carbonyl (C=O) groups is 1. The number of benzene rings is 1. The van der Waals surface area contributed by atoms with Gasteiger partial charge in [-0.15, -0.1) is 0 Å². The molecule has 1 aromatic heterocycles. The number of amides is 2. The lowest BCUT2D eigenvalue weighted by Gasteiger charge is -2.00. The number of hydrogen-bond acceptors (Lipinski definition) is 2. The molecule has 2 rings (SSSR count). The lowest BCUT2D eigenvalue weighted by Crippen LogP contribution is -2.24. The molecule has 0 saturated carbocycles. The van der Waals surface area contributed by atoms with Crippen molar-refractivity contribution in [3.63, 3.8) is 0 Å². The van der Waals surface area contributed by atoms with Crippen molar-refractivity contribution in [2.24, 2.45) is 0 Å². The summed E-state index contributed by atoms with van der Waals surface area (Å²) in [6, 6.07) is 5.39. The number of urea groups is 1. The normalized spacial score (nSPS) is 10.3. The van der Waals surface area contributed by atoms with Crippen LogP contribution in [0.5, 0.6) is 0 Å². The molecule has 0 spiro atoms. The molecule has 5 nitrogen and oxygen atoms in total. The molecule has 2 aromatic rings. The van der Waals surface area contributed by atoms with E-state index in [1.165, 1.54) is 0 Å². The highest BCUT2D eigenvalue weighted by molar-refractivity contribution is 9.10. The van der Waals surface area contributed by atoms with Gasteiger partial charge in [0, 0.05) is 16.9 Å². The zero-order valence-corrected chi connectivity index (χ0v) is 9.55. The van der Waals surface area contributed by atoms with Crippen molar-refractivity contribution < 1.29 is 4.79 Å². The first-order chi connectivity index (χ1) is 7.20. The highest BCUT2D eigenvalue weighted by atomic mass is 79.9. The summed E-state index contributed by atoms with van der Waals surface area (Å²) in [6.07, 6.45) is 0. The number of anilines is 1. The number of rotatable bonds is 1. The van der Waals surface area contributed by atoms with Crippen molar-refractivity contribution in [1.82, 2.24) is 15.5 Å². The molecule has 0 saturated heterocycles. The molecule has 0 aliphatic heterocycles. The number of H-pyrrole nitrogens is 1. The molecule has 1 aromatic carbocycles. The minimum Gasteiger partial charge on any atom is -0.341 e. The average Bonchev–Trinajstić information content (AvgIpc) is 2.60. The van der Waals surface area contributed by atoms with Crippen LogP contribution in [0.25, 0.3) is 10.9 Å². The number of halogens is 1. The van der Waals surface area contributed by atoms with Crippen LogP contribution in [0.1, 0.15) is 0 Å². The summed E-state index contributed by atoms with van der Waals surface area (Å²) in [5.74, 6) is 0.525. The number of aromatic amines is 1. The van der Waals surface area contributed by atoms with E-state index in [-0.39, 0.29) is 6.03 Å². The van der Waals surface area contributed by atoms with Crippen LogP contribution in [0, 0.1) is 0 Å². The van der Waals surface area contributed by atoms with Gasteiger partial charge in [-0.25, -0.2) is 4.79 Å². The van der Waals surface area contributed by atoms with Crippen molar-refractivity contribution >= 4 is 38.7 Å². The average molecular weight is 269 g/mol. The van der Waals surface area contributed by atoms with E-state index in [1.807, 2.05) is 18.2 Å². The van der Waals surface area contributed by atoms with E-state index in [0.29, 0.717) is 5.82 Å². The number of nitrogens with zero attached hydrogens (tertiary/aromatic N) is 1. The Balaban J connectivity index is 2.41. The Morgan fingerprint density at radius 2 is 2.33 bits per heavy atom. The third-order valence-corrected chi connectivity index (χ3v) is 2.48. The predicted molar refractivity (Wildman–Crippen MR) is 61.9 cm³/mol. The summed E-state index contributed by atoms with van der Waals surface area (Å²) in [5, 5.41) is 12.8. The van der Waals surface area contributed by atoms with Gasteiger partial charge in [-0.2, -0.15) is 5.10 Å². The van der Waals surface area contributed by atoms with Gasteiger partial charge in [0.2, 0.25) is 0 Å². The minimum atomic E-state index is -0.286. The molecule has 0 atom stereocenters. The first kappa shape index (κ1) is 9.97. The van der Waals surface area contributed by atoms with Gasteiger partial charge < -0.3 is 5.32 Å². The van der Waals surface area contributed by atoms with Crippen LogP contribution in [-0.4, -0.2) is 23.3 Å². The molecule has 2 amide bonds. The largest absolute Gasteiger partial charge is 0.341 e. The Morgan fingerprint density at radius 1 is 1.53 bits per heavy atom. The fourth-order valence-electron chi connectivity index (χ4n) is 1.26. The van der Waals surface area contributed by atoms with Crippen LogP contribution in [-0.2, 0) is 0 Å². The minimum absolute atomic E-state index is 0.286. The lowest BCUT2D eigenvalue weighted by molar-refractivity contribution is 0.254. The van der Waals surface area contributed by atoms with Gasteiger partial charge in [0.05, 0.1) is 5.52 Å². The van der Waals surface area contributed by atoms with Crippen LogP contribution in [0.15, 0.2) is 22.7 Å². The lowest BCUT2D eigenvalue weighted by atomic mass is 10.2.